The van der Waals surface area contributed by atoms with E-state index in [9.17, 15) is 23.2 Å². The number of aromatic amines is 1. The number of H-pyrrole nitrogens is 1. The molecule has 1 atom stereocenters. The minimum absolute atomic E-state index is 0.0535. The minimum Gasteiger partial charge on any atom is -0.435 e. The van der Waals surface area contributed by atoms with Crippen LogP contribution in [0.2, 0.25) is 0 Å². The normalized spacial score (nSPS) is 16.1. The maximum absolute atomic E-state index is 12.7. The molecule has 160 valence electrons. The smallest absolute Gasteiger partial charge is 0.387 e. The molecule has 0 radical (unpaired) electrons. The van der Waals surface area contributed by atoms with Gasteiger partial charge in [-0.15, -0.1) is 0 Å². The first-order chi connectivity index (χ1) is 14.9. The van der Waals surface area contributed by atoms with Crippen LogP contribution in [0.3, 0.4) is 0 Å². The topological polar surface area (TPSA) is 104 Å². The number of alkyl halides is 2. The average Bonchev–Trinajstić information content (AvgIpc) is 3.25. The Bertz CT molecular complexity index is 1130. The zero-order valence-electron chi connectivity index (χ0n) is 16.1. The summed E-state index contributed by atoms with van der Waals surface area (Å²) in [6, 6.07) is 11.5. The van der Waals surface area contributed by atoms with Gasteiger partial charge >= 0.3 is 12.6 Å². The maximum Gasteiger partial charge on any atom is 0.387 e. The predicted molar refractivity (Wildman–Crippen MR) is 108 cm³/mol. The maximum atomic E-state index is 12.7. The molecule has 1 fully saturated rings. The summed E-state index contributed by atoms with van der Waals surface area (Å²) in [5.74, 6) is -1.15. The summed E-state index contributed by atoms with van der Waals surface area (Å²) in [4.78, 5) is 41.2. The van der Waals surface area contributed by atoms with Gasteiger partial charge in [0.2, 0.25) is 5.91 Å². The van der Waals surface area contributed by atoms with Gasteiger partial charge in [0.25, 0.3) is 5.91 Å². The minimum atomic E-state index is -2.95. The first-order valence-corrected chi connectivity index (χ1v) is 9.42. The van der Waals surface area contributed by atoms with Crippen LogP contribution in [0.25, 0.3) is 10.9 Å². The summed E-state index contributed by atoms with van der Waals surface area (Å²) in [5.41, 5.74) is 2.12. The Kier molecular flexibility index (Phi) is 5.52. The van der Waals surface area contributed by atoms with Crippen molar-refractivity contribution in [3.8, 4) is 5.75 Å². The number of imide groups is 1. The molecule has 0 bridgehead atoms. The van der Waals surface area contributed by atoms with Crippen molar-refractivity contribution in [1.82, 2.24) is 15.2 Å². The third kappa shape index (κ3) is 4.47. The molecule has 2 heterocycles. The van der Waals surface area contributed by atoms with Gasteiger partial charge in [-0.25, -0.2) is 4.79 Å². The summed E-state index contributed by atoms with van der Waals surface area (Å²) in [6.07, 6.45) is 2.08. The van der Waals surface area contributed by atoms with Crippen LogP contribution in [0.1, 0.15) is 5.56 Å². The van der Waals surface area contributed by atoms with E-state index in [4.69, 9.17) is 0 Å². The van der Waals surface area contributed by atoms with E-state index >= 15 is 0 Å². The molecule has 0 aliphatic carbocycles. The van der Waals surface area contributed by atoms with Crippen molar-refractivity contribution in [2.75, 3.05) is 11.9 Å². The van der Waals surface area contributed by atoms with Gasteiger partial charge in [0, 0.05) is 29.2 Å². The zero-order chi connectivity index (χ0) is 22.0. The molecular formula is C21H18F2N4O4. The van der Waals surface area contributed by atoms with Gasteiger partial charge in [0.05, 0.1) is 0 Å². The molecule has 4 amide bonds. The first-order valence-electron chi connectivity index (χ1n) is 9.42. The fourth-order valence-corrected chi connectivity index (χ4v) is 3.45. The lowest BCUT2D eigenvalue weighted by Crippen LogP contribution is -2.38. The second-order valence-electron chi connectivity index (χ2n) is 6.94. The Balaban J connectivity index is 1.37. The summed E-state index contributed by atoms with van der Waals surface area (Å²) < 4.78 is 28.6. The number of fused-ring (bicyclic) bond motifs is 1. The molecule has 2 aromatic carbocycles. The number of carbonyl (C=O) groups excluding carboxylic acids is 3. The Morgan fingerprint density at radius 3 is 2.61 bits per heavy atom. The second-order valence-corrected chi connectivity index (χ2v) is 6.94. The molecule has 0 saturated carbocycles. The van der Waals surface area contributed by atoms with Gasteiger partial charge in [0.1, 0.15) is 18.3 Å². The van der Waals surface area contributed by atoms with E-state index in [2.05, 4.69) is 20.4 Å². The van der Waals surface area contributed by atoms with Gasteiger partial charge in [-0.05, 0) is 35.9 Å². The SMILES string of the molecule is O=C(CN1C(=O)NC(Cc2c[nH]c3ccccc23)C1=O)Nc1ccc(OC(F)F)cc1. The highest BCUT2D eigenvalue weighted by atomic mass is 19.3. The van der Waals surface area contributed by atoms with Crippen molar-refractivity contribution < 1.29 is 27.9 Å². The monoisotopic (exact) mass is 428 g/mol. The molecular weight excluding hydrogens is 410 g/mol. The number of anilines is 1. The van der Waals surface area contributed by atoms with Gasteiger partial charge in [-0.2, -0.15) is 8.78 Å². The Labute approximate surface area is 175 Å². The summed E-state index contributed by atoms with van der Waals surface area (Å²) in [6.45, 7) is -3.41. The van der Waals surface area contributed by atoms with Crippen LogP contribution in [-0.4, -0.2) is 46.9 Å². The molecule has 1 saturated heterocycles. The van der Waals surface area contributed by atoms with Gasteiger partial charge < -0.3 is 20.4 Å². The lowest BCUT2D eigenvalue weighted by atomic mass is 10.1. The number of benzene rings is 2. The number of carbonyl (C=O) groups is 3. The quantitative estimate of drug-likeness (QED) is 0.504. The fraction of sp³-hybridized carbons (Fsp3) is 0.190. The van der Waals surface area contributed by atoms with Crippen molar-refractivity contribution in [3.63, 3.8) is 0 Å². The Morgan fingerprint density at radius 2 is 1.87 bits per heavy atom. The number of hydrogen-bond acceptors (Lipinski definition) is 4. The zero-order valence-corrected chi connectivity index (χ0v) is 16.1. The van der Waals surface area contributed by atoms with Gasteiger partial charge in [-0.3, -0.25) is 14.5 Å². The highest BCUT2D eigenvalue weighted by Gasteiger charge is 2.39. The highest BCUT2D eigenvalue weighted by molar-refractivity contribution is 6.08. The molecule has 10 heteroatoms. The van der Waals surface area contributed by atoms with E-state index in [0.29, 0.717) is 5.69 Å². The third-order valence-corrected chi connectivity index (χ3v) is 4.87. The molecule has 1 aliphatic rings. The molecule has 31 heavy (non-hydrogen) atoms. The molecule has 3 aromatic rings. The van der Waals surface area contributed by atoms with Crippen molar-refractivity contribution in [3.05, 3.63) is 60.3 Å². The van der Waals surface area contributed by atoms with Crippen molar-refractivity contribution in [2.24, 2.45) is 0 Å². The van der Waals surface area contributed by atoms with Crippen LogP contribution in [0.5, 0.6) is 5.75 Å². The fourth-order valence-electron chi connectivity index (χ4n) is 3.45. The van der Waals surface area contributed by atoms with Crippen molar-refractivity contribution in [1.29, 1.82) is 0 Å². The van der Waals surface area contributed by atoms with Crippen LogP contribution in [0.15, 0.2) is 54.7 Å². The van der Waals surface area contributed by atoms with Crippen LogP contribution >= 0.6 is 0 Å². The molecule has 4 rings (SSSR count). The van der Waals surface area contributed by atoms with E-state index in [1.54, 1.807) is 6.20 Å². The van der Waals surface area contributed by atoms with E-state index in [0.717, 1.165) is 21.4 Å². The van der Waals surface area contributed by atoms with E-state index in [-0.39, 0.29) is 12.2 Å². The molecule has 1 aromatic heterocycles. The second kappa shape index (κ2) is 8.42. The summed E-state index contributed by atoms with van der Waals surface area (Å²) >= 11 is 0. The number of nitrogens with zero attached hydrogens (tertiary/aromatic N) is 1. The first kappa shape index (κ1) is 20.3. The predicted octanol–water partition coefficient (Wildman–Crippen LogP) is 2.87. The number of hydrogen-bond donors (Lipinski definition) is 3. The molecule has 3 N–H and O–H groups in total. The van der Waals surface area contributed by atoms with E-state index < -0.39 is 37.0 Å². The van der Waals surface area contributed by atoms with Gasteiger partial charge in [0.15, 0.2) is 0 Å². The lowest BCUT2D eigenvalue weighted by molar-refractivity contribution is -0.130. The highest BCUT2D eigenvalue weighted by Crippen LogP contribution is 2.21. The Morgan fingerprint density at radius 1 is 1.13 bits per heavy atom. The molecule has 0 spiro atoms. The van der Waals surface area contributed by atoms with Gasteiger partial charge in [-0.1, -0.05) is 18.2 Å². The van der Waals surface area contributed by atoms with E-state index in [1.807, 2.05) is 24.3 Å². The third-order valence-electron chi connectivity index (χ3n) is 4.87. The Hall–Kier alpha value is -3.95. The number of rotatable bonds is 7. The van der Waals surface area contributed by atoms with E-state index in [1.165, 1.54) is 24.3 Å². The lowest BCUT2D eigenvalue weighted by Gasteiger charge is -2.13. The number of amides is 4. The van der Waals surface area contributed by atoms with Crippen LogP contribution in [0.4, 0.5) is 19.3 Å². The average molecular weight is 428 g/mol. The summed E-state index contributed by atoms with van der Waals surface area (Å²) in [7, 11) is 0. The number of aromatic nitrogens is 1. The number of para-hydroxylation sites is 1. The van der Waals surface area contributed by atoms with Crippen molar-refractivity contribution >= 4 is 34.4 Å². The van der Waals surface area contributed by atoms with Crippen LogP contribution in [0, 0.1) is 0 Å². The van der Waals surface area contributed by atoms with Crippen LogP contribution in [-0.2, 0) is 16.0 Å². The largest absolute Gasteiger partial charge is 0.435 e. The van der Waals surface area contributed by atoms with Crippen LogP contribution < -0.4 is 15.4 Å². The number of urea groups is 1. The molecule has 1 unspecified atom stereocenters. The number of ether oxygens (including phenoxy) is 1. The van der Waals surface area contributed by atoms with Crippen molar-refractivity contribution in [2.45, 2.75) is 19.1 Å². The summed E-state index contributed by atoms with van der Waals surface area (Å²) in [5, 5.41) is 6.08. The molecule has 1 aliphatic heterocycles. The number of halogens is 2. The standard InChI is InChI=1S/C21H18F2N4O4/c22-20(23)31-14-7-5-13(6-8-14)25-18(28)11-27-19(29)17(26-21(27)30)9-12-10-24-16-4-2-1-3-15(12)16/h1-8,10,17,20,24H,9,11H2,(H,25,28)(H,26,30). The number of nitrogens with one attached hydrogen (secondary N) is 3. The molecule has 8 nitrogen and oxygen atoms in total.